The Kier molecular flexibility index (Phi) is 3.61. The van der Waals surface area contributed by atoms with Crippen molar-refractivity contribution in [3.05, 3.63) is 23.3 Å². The maximum atomic E-state index is 12.0. The lowest BCUT2D eigenvalue weighted by Gasteiger charge is -2.30. The van der Waals surface area contributed by atoms with Crippen LogP contribution in [0.2, 0.25) is 0 Å². The molecule has 20 heavy (non-hydrogen) atoms. The molecule has 0 bridgehead atoms. The number of hydrogen-bond acceptors (Lipinski definition) is 5. The number of ether oxygens (including phenoxy) is 1. The fourth-order valence-corrected chi connectivity index (χ4v) is 2.02. The normalized spacial score (nSPS) is 14.7. The average Bonchev–Trinajstić information content (AvgIpc) is 2.35. The van der Waals surface area contributed by atoms with Crippen LogP contribution >= 0.6 is 0 Å². The molecule has 2 rings (SSSR count). The van der Waals surface area contributed by atoms with Gasteiger partial charge >= 0.3 is 12.1 Å². The Morgan fingerprint density at radius 2 is 2.05 bits per heavy atom. The van der Waals surface area contributed by atoms with Gasteiger partial charge in [-0.1, -0.05) is 0 Å². The predicted octanol–water partition coefficient (Wildman–Crippen LogP) is 1.47. The fourth-order valence-electron chi connectivity index (χ4n) is 2.02. The first-order chi connectivity index (χ1) is 9.28. The van der Waals surface area contributed by atoms with E-state index in [1.165, 1.54) is 11.2 Å². The Labute approximate surface area is 116 Å². The topological polar surface area (TPSA) is 92.6 Å². The van der Waals surface area contributed by atoms with Crippen molar-refractivity contribution in [1.82, 2.24) is 14.9 Å². The van der Waals surface area contributed by atoms with Crippen molar-refractivity contribution in [3.8, 4) is 0 Å². The van der Waals surface area contributed by atoms with Gasteiger partial charge < -0.3 is 14.7 Å². The number of hydrogen-bond donors (Lipinski definition) is 1. The molecule has 7 heteroatoms. The first-order valence-corrected chi connectivity index (χ1v) is 6.32. The van der Waals surface area contributed by atoms with Gasteiger partial charge in [0.05, 0.1) is 12.2 Å². The van der Waals surface area contributed by atoms with E-state index in [1.807, 2.05) is 0 Å². The van der Waals surface area contributed by atoms with Gasteiger partial charge in [0, 0.05) is 12.1 Å². The highest BCUT2D eigenvalue weighted by Crippen LogP contribution is 2.21. The predicted molar refractivity (Wildman–Crippen MR) is 69.3 cm³/mol. The van der Waals surface area contributed by atoms with Gasteiger partial charge in [0.1, 0.15) is 11.9 Å². The van der Waals surface area contributed by atoms with Crippen LogP contribution in [0.1, 0.15) is 42.5 Å². The number of carbonyl (C=O) groups is 2. The molecule has 0 saturated carbocycles. The molecule has 0 fully saturated rings. The second-order valence-electron chi connectivity index (χ2n) is 5.60. The molecule has 0 radical (unpaired) electrons. The molecule has 108 valence electrons. The van der Waals surface area contributed by atoms with Crippen molar-refractivity contribution >= 4 is 12.1 Å². The van der Waals surface area contributed by atoms with Crippen LogP contribution in [0, 0.1) is 0 Å². The molecule has 1 aliphatic heterocycles. The Morgan fingerprint density at radius 3 is 2.65 bits per heavy atom. The fraction of sp³-hybridized carbons (Fsp3) is 0.538. The molecular formula is C13H17N3O4. The minimum Gasteiger partial charge on any atom is -0.477 e. The molecule has 0 aromatic carbocycles. The molecule has 1 aliphatic rings. The van der Waals surface area contributed by atoms with E-state index in [0.717, 1.165) is 0 Å². The molecule has 1 N–H and O–H groups in total. The average molecular weight is 279 g/mol. The number of nitrogens with zero attached hydrogens (tertiary/aromatic N) is 3. The summed E-state index contributed by atoms with van der Waals surface area (Å²) in [6, 6.07) is 0. The van der Waals surface area contributed by atoms with E-state index in [4.69, 9.17) is 9.84 Å². The van der Waals surface area contributed by atoms with E-state index in [0.29, 0.717) is 24.2 Å². The SMILES string of the molecule is CC(C)(C)OC(=O)N1CCc2c(ncnc2C(=O)O)C1. The van der Waals surface area contributed by atoms with Crippen molar-refractivity contribution in [1.29, 1.82) is 0 Å². The number of carboxylic acids is 1. The van der Waals surface area contributed by atoms with Gasteiger partial charge in [0.2, 0.25) is 0 Å². The summed E-state index contributed by atoms with van der Waals surface area (Å²) in [4.78, 5) is 32.4. The van der Waals surface area contributed by atoms with E-state index in [2.05, 4.69) is 9.97 Å². The second-order valence-corrected chi connectivity index (χ2v) is 5.60. The summed E-state index contributed by atoms with van der Waals surface area (Å²) in [6.45, 7) is 6.04. The maximum absolute atomic E-state index is 12.0. The van der Waals surface area contributed by atoms with Gasteiger partial charge in [-0.05, 0) is 27.2 Å². The summed E-state index contributed by atoms with van der Waals surface area (Å²) in [7, 11) is 0. The minimum absolute atomic E-state index is 0.0128. The smallest absolute Gasteiger partial charge is 0.410 e. The number of amides is 1. The standard InChI is InChI=1S/C13H17N3O4/c1-13(2,3)20-12(19)16-5-4-8-9(6-16)14-7-15-10(8)11(17)18/h7H,4-6H2,1-3H3,(H,17,18). The third kappa shape index (κ3) is 3.04. The van der Waals surface area contributed by atoms with Crippen LogP contribution < -0.4 is 0 Å². The van der Waals surface area contributed by atoms with Gasteiger partial charge in [-0.3, -0.25) is 0 Å². The van der Waals surface area contributed by atoms with Crippen molar-refractivity contribution in [3.63, 3.8) is 0 Å². The van der Waals surface area contributed by atoms with E-state index in [9.17, 15) is 9.59 Å². The van der Waals surface area contributed by atoms with Crippen LogP contribution in [0.25, 0.3) is 0 Å². The van der Waals surface area contributed by atoms with Crippen LogP contribution in [0.15, 0.2) is 6.33 Å². The Morgan fingerprint density at radius 1 is 1.35 bits per heavy atom. The molecule has 1 aromatic heterocycles. The molecule has 0 atom stereocenters. The summed E-state index contributed by atoms with van der Waals surface area (Å²) in [6.07, 6.45) is 1.21. The van der Waals surface area contributed by atoms with Gasteiger partial charge in [0.15, 0.2) is 5.69 Å². The van der Waals surface area contributed by atoms with E-state index < -0.39 is 17.7 Å². The van der Waals surface area contributed by atoms with Crippen LogP contribution in [-0.4, -0.2) is 44.2 Å². The van der Waals surface area contributed by atoms with Gasteiger partial charge in [0.25, 0.3) is 0 Å². The van der Waals surface area contributed by atoms with E-state index in [1.54, 1.807) is 20.8 Å². The molecule has 1 aromatic rings. The third-order valence-electron chi connectivity index (χ3n) is 2.86. The quantitative estimate of drug-likeness (QED) is 0.836. The first kappa shape index (κ1) is 14.2. The van der Waals surface area contributed by atoms with Crippen molar-refractivity contribution in [2.75, 3.05) is 6.54 Å². The number of carboxylic acid groups (broad SMARTS) is 1. The summed E-state index contributed by atoms with van der Waals surface area (Å²) in [5.74, 6) is -1.07. The monoisotopic (exact) mass is 279 g/mol. The molecular weight excluding hydrogens is 262 g/mol. The van der Waals surface area contributed by atoms with Crippen LogP contribution in [0.5, 0.6) is 0 Å². The lowest BCUT2D eigenvalue weighted by atomic mass is 10.0. The van der Waals surface area contributed by atoms with Crippen LogP contribution in [0.3, 0.4) is 0 Å². The number of rotatable bonds is 1. The third-order valence-corrected chi connectivity index (χ3v) is 2.86. The highest BCUT2D eigenvalue weighted by molar-refractivity contribution is 5.87. The highest BCUT2D eigenvalue weighted by Gasteiger charge is 2.28. The van der Waals surface area contributed by atoms with Crippen LogP contribution in [0.4, 0.5) is 4.79 Å². The van der Waals surface area contributed by atoms with Gasteiger partial charge in [-0.25, -0.2) is 19.6 Å². The largest absolute Gasteiger partial charge is 0.477 e. The summed E-state index contributed by atoms with van der Waals surface area (Å²) >= 11 is 0. The molecule has 0 unspecified atom stereocenters. The first-order valence-electron chi connectivity index (χ1n) is 6.32. The number of aromatic nitrogens is 2. The zero-order valence-corrected chi connectivity index (χ0v) is 11.7. The lowest BCUT2D eigenvalue weighted by Crippen LogP contribution is -2.40. The van der Waals surface area contributed by atoms with Crippen LogP contribution in [-0.2, 0) is 17.7 Å². The molecule has 0 aliphatic carbocycles. The summed E-state index contributed by atoms with van der Waals surface area (Å²) in [5.41, 5.74) is 0.614. The Hall–Kier alpha value is -2.18. The minimum atomic E-state index is -1.07. The molecule has 1 amide bonds. The number of fused-ring (bicyclic) bond motifs is 1. The van der Waals surface area contributed by atoms with Gasteiger partial charge in [-0.15, -0.1) is 0 Å². The van der Waals surface area contributed by atoms with E-state index >= 15 is 0 Å². The Balaban J connectivity index is 2.18. The van der Waals surface area contributed by atoms with Crippen molar-refractivity contribution in [2.45, 2.75) is 39.3 Å². The van der Waals surface area contributed by atoms with Crippen molar-refractivity contribution < 1.29 is 19.4 Å². The van der Waals surface area contributed by atoms with Crippen molar-refractivity contribution in [2.24, 2.45) is 0 Å². The number of aromatic carboxylic acids is 1. The summed E-state index contributed by atoms with van der Waals surface area (Å²) in [5, 5.41) is 9.07. The molecule has 0 spiro atoms. The van der Waals surface area contributed by atoms with E-state index in [-0.39, 0.29) is 12.2 Å². The maximum Gasteiger partial charge on any atom is 0.410 e. The van der Waals surface area contributed by atoms with Gasteiger partial charge in [-0.2, -0.15) is 0 Å². The summed E-state index contributed by atoms with van der Waals surface area (Å²) < 4.78 is 5.30. The number of carbonyl (C=O) groups excluding carboxylic acids is 1. The Bertz CT molecular complexity index is 551. The molecule has 7 nitrogen and oxygen atoms in total. The zero-order valence-electron chi connectivity index (χ0n) is 11.7. The second kappa shape index (κ2) is 5.07. The zero-order chi connectivity index (χ0) is 14.9. The lowest BCUT2D eigenvalue weighted by molar-refractivity contribution is 0.0220. The molecule has 2 heterocycles. The molecule has 0 saturated heterocycles. The highest BCUT2D eigenvalue weighted by atomic mass is 16.6.